The molecule has 1 aromatic heterocycles. The Hall–Kier alpha value is -1.75. The van der Waals surface area contributed by atoms with Crippen molar-refractivity contribution in [3.8, 4) is 0 Å². The molecule has 0 aliphatic heterocycles. The van der Waals surface area contributed by atoms with Crippen LogP contribution in [-0.2, 0) is 4.79 Å². The summed E-state index contributed by atoms with van der Waals surface area (Å²) in [7, 11) is 0. The molecule has 1 heterocycles. The minimum Gasteiger partial charge on any atom is -0.359 e. The molecule has 0 aliphatic rings. The Bertz CT molecular complexity index is 573. The SMILES string of the molecule is Cc1ccccc1SCC(=O)Nc1c(C)noc1C. The Morgan fingerprint density at radius 3 is 2.68 bits per heavy atom. The van der Waals surface area contributed by atoms with Crippen molar-refractivity contribution in [2.24, 2.45) is 0 Å². The minimum absolute atomic E-state index is 0.0531. The van der Waals surface area contributed by atoms with Gasteiger partial charge in [0, 0.05) is 4.90 Å². The fourth-order valence-corrected chi connectivity index (χ4v) is 2.53. The molecule has 1 aromatic carbocycles. The summed E-state index contributed by atoms with van der Waals surface area (Å²) in [6, 6.07) is 8.02. The second-order valence-corrected chi connectivity index (χ2v) is 5.32. The first kappa shape index (κ1) is 13.7. The topological polar surface area (TPSA) is 55.1 Å². The highest BCUT2D eigenvalue weighted by Gasteiger charge is 2.12. The van der Waals surface area contributed by atoms with Crippen molar-refractivity contribution in [1.29, 1.82) is 0 Å². The number of carbonyl (C=O) groups excluding carboxylic acids is 1. The van der Waals surface area contributed by atoms with E-state index in [4.69, 9.17) is 4.52 Å². The quantitative estimate of drug-likeness (QED) is 0.870. The van der Waals surface area contributed by atoms with Crippen molar-refractivity contribution < 1.29 is 9.32 Å². The Kier molecular flexibility index (Phi) is 4.27. The molecule has 0 unspecified atom stereocenters. The number of carbonyl (C=O) groups is 1. The van der Waals surface area contributed by atoms with Gasteiger partial charge in [0.1, 0.15) is 11.4 Å². The van der Waals surface area contributed by atoms with E-state index in [0.717, 1.165) is 4.90 Å². The molecule has 0 saturated carbocycles. The highest BCUT2D eigenvalue weighted by Crippen LogP contribution is 2.23. The van der Waals surface area contributed by atoms with Gasteiger partial charge in [0.05, 0.1) is 5.75 Å². The fourth-order valence-electron chi connectivity index (χ4n) is 1.70. The summed E-state index contributed by atoms with van der Waals surface area (Å²) >= 11 is 1.53. The van der Waals surface area contributed by atoms with E-state index in [0.29, 0.717) is 22.9 Å². The average Bonchev–Trinajstić information content (AvgIpc) is 2.70. The van der Waals surface area contributed by atoms with Gasteiger partial charge in [-0.2, -0.15) is 0 Å². The van der Waals surface area contributed by atoms with Gasteiger partial charge in [-0.1, -0.05) is 23.4 Å². The molecule has 0 aliphatic carbocycles. The van der Waals surface area contributed by atoms with Crippen LogP contribution >= 0.6 is 11.8 Å². The van der Waals surface area contributed by atoms with Crippen molar-refractivity contribution in [2.45, 2.75) is 25.7 Å². The zero-order chi connectivity index (χ0) is 13.8. The van der Waals surface area contributed by atoms with Gasteiger partial charge in [-0.25, -0.2) is 0 Å². The molecule has 0 atom stereocenters. The average molecular weight is 276 g/mol. The molecular formula is C14H16N2O2S. The third kappa shape index (κ3) is 3.38. The van der Waals surface area contributed by atoms with Crippen LogP contribution in [0.4, 0.5) is 5.69 Å². The van der Waals surface area contributed by atoms with E-state index < -0.39 is 0 Å². The summed E-state index contributed by atoms with van der Waals surface area (Å²) in [5.74, 6) is 0.948. The van der Waals surface area contributed by atoms with Crippen molar-refractivity contribution >= 4 is 23.4 Å². The van der Waals surface area contributed by atoms with E-state index in [1.54, 1.807) is 13.8 Å². The molecule has 1 N–H and O–H groups in total. The highest BCUT2D eigenvalue weighted by atomic mass is 32.2. The summed E-state index contributed by atoms with van der Waals surface area (Å²) in [6.07, 6.45) is 0. The number of thioether (sulfide) groups is 1. The zero-order valence-electron chi connectivity index (χ0n) is 11.2. The fraction of sp³-hybridized carbons (Fsp3) is 0.286. The van der Waals surface area contributed by atoms with Gasteiger partial charge >= 0.3 is 0 Å². The van der Waals surface area contributed by atoms with E-state index in [1.165, 1.54) is 17.3 Å². The lowest BCUT2D eigenvalue weighted by molar-refractivity contribution is -0.113. The van der Waals surface area contributed by atoms with Gasteiger partial charge in [-0.15, -0.1) is 11.8 Å². The number of benzene rings is 1. The third-order valence-electron chi connectivity index (χ3n) is 2.75. The Morgan fingerprint density at radius 2 is 2.05 bits per heavy atom. The maximum Gasteiger partial charge on any atom is 0.234 e. The van der Waals surface area contributed by atoms with Crippen LogP contribution in [0.2, 0.25) is 0 Å². The van der Waals surface area contributed by atoms with Gasteiger partial charge in [-0.05, 0) is 32.4 Å². The van der Waals surface area contributed by atoms with E-state index in [-0.39, 0.29) is 5.91 Å². The minimum atomic E-state index is -0.0531. The molecule has 1 amide bonds. The maximum atomic E-state index is 11.9. The second kappa shape index (κ2) is 5.93. The molecular weight excluding hydrogens is 260 g/mol. The lowest BCUT2D eigenvalue weighted by Crippen LogP contribution is -2.15. The van der Waals surface area contributed by atoms with Crippen molar-refractivity contribution in [2.75, 3.05) is 11.1 Å². The summed E-state index contributed by atoms with van der Waals surface area (Å²) < 4.78 is 5.01. The van der Waals surface area contributed by atoms with Crippen LogP contribution in [0.3, 0.4) is 0 Å². The van der Waals surface area contributed by atoms with E-state index in [2.05, 4.69) is 10.5 Å². The Morgan fingerprint density at radius 1 is 1.32 bits per heavy atom. The van der Waals surface area contributed by atoms with Gasteiger partial charge in [-0.3, -0.25) is 4.79 Å². The summed E-state index contributed by atoms with van der Waals surface area (Å²) in [5.41, 5.74) is 2.56. The molecule has 19 heavy (non-hydrogen) atoms. The molecule has 2 rings (SSSR count). The summed E-state index contributed by atoms with van der Waals surface area (Å²) in [5, 5.41) is 6.64. The number of aryl methyl sites for hydroxylation is 3. The van der Waals surface area contributed by atoms with Gasteiger partial charge in [0.25, 0.3) is 0 Å². The van der Waals surface area contributed by atoms with Crippen LogP contribution in [-0.4, -0.2) is 16.8 Å². The van der Waals surface area contributed by atoms with Crippen LogP contribution in [0.25, 0.3) is 0 Å². The predicted molar refractivity (Wildman–Crippen MR) is 76.5 cm³/mol. The third-order valence-corrected chi connectivity index (χ3v) is 3.93. The van der Waals surface area contributed by atoms with E-state index in [1.807, 2.05) is 31.2 Å². The number of rotatable bonds is 4. The van der Waals surface area contributed by atoms with Gasteiger partial charge in [0.2, 0.25) is 5.91 Å². The van der Waals surface area contributed by atoms with Crippen molar-refractivity contribution in [1.82, 2.24) is 5.16 Å². The first-order chi connectivity index (χ1) is 9.08. The lowest BCUT2D eigenvalue weighted by atomic mass is 10.2. The summed E-state index contributed by atoms with van der Waals surface area (Å²) in [4.78, 5) is 13.0. The number of amides is 1. The molecule has 4 nitrogen and oxygen atoms in total. The number of anilines is 1. The molecule has 5 heteroatoms. The smallest absolute Gasteiger partial charge is 0.234 e. The van der Waals surface area contributed by atoms with Gasteiger partial charge < -0.3 is 9.84 Å². The molecule has 0 spiro atoms. The number of hydrogen-bond acceptors (Lipinski definition) is 4. The predicted octanol–water partition coefficient (Wildman–Crippen LogP) is 3.33. The largest absolute Gasteiger partial charge is 0.359 e. The van der Waals surface area contributed by atoms with Crippen LogP contribution < -0.4 is 5.32 Å². The molecule has 2 aromatic rings. The van der Waals surface area contributed by atoms with Crippen LogP contribution in [0.15, 0.2) is 33.7 Å². The normalized spacial score (nSPS) is 10.5. The Balaban J connectivity index is 1.94. The Labute approximate surface area is 116 Å². The highest BCUT2D eigenvalue weighted by molar-refractivity contribution is 8.00. The van der Waals surface area contributed by atoms with Gasteiger partial charge in [0.15, 0.2) is 5.76 Å². The first-order valence-corrected chi connectivity index (χ1v) is 6.97. The van der Waals surface area contributed by atoms with Crippen LogP contribution in [0.5, 0.6) is 0 Å². The van der Waals surface area contributed by atoms with E-state index in [9.17, 15) is 4.79 Å². The first-order valence-electron chi connectivity index (χ1n) is 5.99. The number of nitrogens with zero attached hydrogens (tertiary/aromatic N) is 1. The van der Waals surface area contributed by atoms with Crippen molar-refractivity contribution in [3.05, 3.63) is 41.3 Å². The number of hydrogen-bond donors (Lipinski definition) is 1. The zero-order valence-corrected chi connectivity index (χ0v) is 12.0. The monoisotopic (exact) mass is 276 g/mol. The molecule has 0 saturated heterocycles. The number of nitrogens with one attached hydrogen (secondary N) is 1. The number of aromatic nitrogens is 1. The second-order valence-electron chi connectivity index (χ2n) is 4.30. The summed E-state index contributed by atoms with van der Waals surface area (Å²) in [6.45, 7) is 5.62. The molecule has 0 fully saturated rings. The lowest BCUT2D eigenvalue weighted by Gasteiger charge is -2.06. The van der Waals surface area contributed by atoms with Crippen molar-refractivity contribution in [3.63, 3.8) is 0 Å². The van der Waals surface area contributed by atoms with Crippen LogP contribution in [0.1, 0.15) is 17.0 Å². The molecule has 100 valence electrons. The van der Waals surface area contributed by atoms with Crippen LogP contribution in [0, 0.1) is 20.8 Å². The standard InChI is InChI=1S/C14H16N2O2S/c1-9-6-4-5-7-12(9)19-8-13(17)15-14-10(2)16-18-11(14)3/h4-7H,8H2,1-3H3,(H,15,17). The van der Waals surface area contributed by atoms with E-state index >= 15 is 0 Å². The molecule has 0 radical (unpaired) electrons. The maximum absolute atomic E-state index is 11.9. The molecule has 0 bridgehead atoms.